The Bertz CT molecular complexity index is 1300. The van der Waals surface area contributed by atoms with E-state index >= 15 is 0 Å². The molecule has 0 radical (unpaired) electrons. The molecule has 2 aliphatic rings. The zero-order valence-corrected chi connectivity index (χ0v) is 19.8. The summed E-state index contributed by atoms with van der Waals surface area (Å²) in [6.45, 7) is 7.44. The Labute approximate surface area is 204 Å². The van der Waals surface area contributed by atoms with E-state index in [4.69, 9.17) is 11.2 Å². The van der Waals surface area contributed by atoms with Gasteiger partial charge in [0.1, 0.15) is 12.3 Å². The number of anilines is 3. The van der Waals surface area contributed by atoms with Crippen molar-refractivity contribution in [1.82, 2.24) is 14.9 Å². The van der Waals surface area contributed by atoms with Crippen LogP contribution in [0.25, 0.3) is 11.3 Å². The molecule has 180 valence electrons. The quantitative estimate of drug-likeness (QED) is 0.537. The molecule has 3 heterocycles. The molecule has 6 nitrogen and oxygen atoms in total. The zero-order chi connectivity index (χ0) is 24.5. The van der Waals surface area contributed by atoms with Gasteiger partial charge >= 0.3 is 0 Å². The highest BCUT2D eigenvalue weighted by Gasteiger charge is 2.26. The minimum atomic E-state index is -0.623. The summed E-state index contributed by atoms with van der Waals surface area (Å²) in [5.74, 6) is 1.96. The van der Waals surface area contributed by atoms with E-state index in [0.717, 1.165) is 31.4 Å². The molecule has 0 amide bonds. The summed E-state index contributed by atoms with van der Waals surface area (Å²) in [5, 5.41) is 3.17. The molecule has 35 heavy (non-hydrogen) atoms. The predicted octanol–water partition coefficient (Wildman–Crippen LogP) is 4.76. The average molecular weight is 476 g/mol. The minimum absolute atomic E-state index is 0.0290. The lowest BCUT2D eigenvalue weighted by Gasteiger charge is -2.34. The second-order valence-electron chi connectivity index (χ2n) is 9.11. The van der Waals surface area contributed by atoms with Crippen LogP contribution in [0.15, 0.2) is 36.5 Å². The van der Waals surface area contributed by atoms with Crippen LogP contribution in [0.3, 0.4) is 0 Å². The lowest BCUT2D eigenvalue weighted by Crippen LogP contribution is -2.38. The topological polar surface area (TPSA) is 53.5 Å². The van der Waals surface area contributed by atoms with E-state index in [1.807, 2.05) is 24.8 Å². The van der Waals surface area contributed by atoms with E-state index in [-0.39, 0.29) is 23.4 Å². The molecule has 3 aromatic rings. The molecule has 2 aromatic carbocycles. The zero-order valence-electron chi connectivity index (χ0n) is 19.8. The fourth-order valence-electron chi connectivity index (χ4n) is 4.69. The SMILES string of the molecule is C#CCN1CCc2cc(Nc3ncc(F)c(-c4cc(F)c5c(c4)N(C(C)C)CCO5)n3)ccc2C1. The molecular formula is C27H27F2N5O. The molecule has 0 unspecified atom stereocenters. The molecule has 0 spiro atoms. The van der Waals surface area contributed by atoms with E-state index in [9.17, 15) is 8.78 Å². The fourth-order valence-corrected chi connectivity index (χ4v) is 4.69. The number of rotatable bonds is 5. The summed E-state index contributed by atoms with van der Waals surface area (Å²) >= 11 is 0. The number of halogens is 2. The Hall–Kier alpha value is -3.70. The maximum absolute atomic E-state index is 14.9. The van der Waals surface area contributed by atoms with E-state index in [1.165, 1.54) is 17.2 Å². The lowest BCUT2D eigenvalue weighted by atomic mass is 9.99. The average Bonchev–Trinajstić information content (AvgIpc) is 2.85. The molecule has 0 saturated heterocycles. The summed E-state index contributed by atoms with van der Waals surface area (Å²) in [6.07, 6.45) is 7.44. The molecule has 0 atom stereocenters. The predicted molar refractivity (Wildman–Crippen MR) is 133 cm³/mol. The number of aromatic nitrogens is 2. The van der Waals surface area contributed by atoms with Gasteiger partial charge in [0.25, 0.3) is 0 Å². The van der Waals surface area contributed by atoms with Crippen molar-refractivity contribution in [3.8, 4) is 29.4 Å². The summed E-state index contributed by atoms with van der Waals surface area (Å²) in [7, 11) is 0. The highest BCUT2D eigenvalue weighted by molar-refractivity contribution is 5.73. The van der Waals surface area contributed by atoms with Gasteiger partial charge < -0.3 is 15.0 Å². The van der Waals surface area contributed by atoms with E-state index < -0.39 is 11.6 Å². The van der Waals surface area contributed by atoms with Crippen LogP contribution >= 0.6 is 0 Å². The minimum Gasteiger partial charge on any atom is -0.486 e. The van der Waals surface area contributed by atoms with Crippen LogP contribution in [-0.4, -0.2) is 47.2 Å². The summed E-state index contributed by atoms with van der Waals surface area (Å²) in [5.41, 5.74) is 4.24. The normalized spacial score (nSPS) is 15.3. The number of fused-ring (bicyclic) bond motifs is 2. The van der Waals surface area contributed by atoms with Gasteiger partial charge in [-0.05, 0) is 55.7 Å². The summed E-state index contributed by atoms with van der Waals surface area (Å²) in [6, 6.07) is 9.20. The first-order valence-corrected chi connectivity index (χ1v) is 11.7. The smallest absolute Gasteiger partial charge is 0.227 e. The van der Waals surface area contributed by atoms with Gasteiger partial charge in [-0.3, -0.25) is 4.90 Å². The Balaban J connectivity index is 1.43. The Morgan fingerprint density at radius 3 is 2.80 bits per heavy atom. The maximum Gasteiger partial charge on any atom is 0.227 e. The molecule has 8 heteroatoms. The first-order chi connectivity index (χ1) is 16.9. The van der Waals surface area contributed by atoms with Crippen molar-refractivity contribution in [3.05, 3.63) is 59.3 Å². The Kier molecular flexibility index (Phi) is 6.27. The van der Waals surface area contributed by atoms with Gasteiger partial charge in [0, 0.05) is 30.4 Å². The van der Waals surface area contributed by atoms with Gasteiger partial charge in [-0.25, -0.2) is 18.7 Å². The molecule has 5 rings (SSSR count). The van der Waals surface area contributed by atoms with E-state index in [2.05, 4.69) is 38.2 Å². The van der Waals surface area contributed by atoms with Crippen LogP contribution in [0, 0.1) is 24.0 Å². The highest BCUT2D eigenvalue weighted by atomic mass is 19.1. The van der Waals surface area contributed by atoms with Crippen LogP contribution in [0.1, 0.15) is 25.0 Å². The van der Waals surface area contributed by atoms with Crippen LogP contribution in [0.4, 0.5) is 26.1 Å². The molecule has 0 bridgehead atoms. The molecule has 2 aliphatic heterocycles. The summed E-state index contributed by atoms with van der Waals surface area (Å²) < 4.78 is 35.3. The third-order valence-electron chi connectivity index (χ3n) is 6.42. The van der Waals surface area contributed by atoms with E-state index in [1.54, 1.807) is 6.07 Å². The number of nitrogens with zero attached hydrogens (tertiary/aromatic N) is 4. The number of hydrogen-bond acceptors (Lipinski definition) is 6. The molecule has 0 aliphatic carbocycles. The third-order valence-corrected chi connectivity index (χ3v) is 6.42. The van der Waals surface area contributed by atoms with Gasteiger partial charge in [-0.15, -0.1) is 6.42 Å². The monoisotopic (exact) mass is 475 g/mol. The van der Waals surface area contributed by atoms with E-state index in [0.29, 0.717) is 30.9 Å². The fraction of sp³-hybridized carbons (Fsp3) is 0.333. The largest absolute Gasteiger partial charge is 0.486 e. The molecule has 0 fully saturated rings. The molecule has 0 saturated carbocycles. The van der Waals surface area contributed by atoms with Crippen LogP contribution in [0.5, 0.6) is 5.75 Å². The lowest BCUT2D eigenvalue weighted by molar-refractivity contribution is 0.286. The van der Waals surface area contributed by atoms with Crippen LogP contribution < -0.4 is 15.0 Å². The molecule has 1 N–H and O–H groups in total. The second kappa shape index (κ2) is 9.51. The Morgan fingerprint density at radius 2 is 2.00 bits per heavy atom. The van der Waals surface area contributed by atoms with Crippen LogP contribution in [-0.2, 0) is 13.0 Å². The number of benzene rings is 2. The molecule has 1 aromatic heterocycles. The second-order valence-corrected chi connectivity index (χ2v) is 9.11. The standard InChI is InChI=1S/C27H27F2N5O/c1-4-8-33-9-7-18-12-21(6-5-19(18)16-33)31-27-30-15-23(29)25(32-27)20-13-22(28)26-24(14-20)34(17(2)3)10-11-35-26/h1,5-6,12-15,17H,7-11,16H2,2-3H3,(H,30,31,32). The molecular weight excluding hydrogens is 448 g/mol. The summed E-state index contributed by atoms with van der Waals surface area (Å²) in [4.78, 5) is 12.8. The van der Waals surface area contributed by atoms with Gasteiger partial charge in [0.15, 0.2) is 17.4 Å². The number of hydrogen-bond donors (Lipinski definition) is 1. The Morgan fingerprint density at radius 1 is 1.14 bits per heavy atom. The van der Waals surface area contributed by atoms with Crippen molar-refractivity contribution in [1.29, 1.82) is 0 Å². The van der Waals surface area contributed by atoms with Gasteiger partial charge in [0.2, 0.25) is 5.95 Å². The van der Waals surface area contributed by atoms with Crippen molar-refractivity contribution < 1.29 is 13.5 Å². The van der Waals surface area contributed by atoms with Crippen molar-refractivity contribution in [3.63, 3.8) is 0 Å². The number of nitrogens with one attached hydrogen (secondary N) is 1. The van der Waals surface area contributed by atoms with Crippen molar-refractivity contribution >= 4 is 17.3 Å². The van der Waals surface area contributed by atoms with Gasteiger partial charge in [0.05, 0.1) is 25.0 Å². The number of ether oxygens (including phenoxy) is 1. The highest BCUT2D eigenvalue weighted by Crippen LogP contribution is 2.39. The first-order valence-electron chi connectivity index (χ1n) is 11.7. The van der Waals surface area contributed by atoms with Gasteiger partial charge in [-0.2, -0.15) is 0 Å². The van der Waals surface area contributed by atoms with Gasteiger partial charge in [-0.1, -0.05) is 12.0 Å². The van der Waals surface area contributed by atoms with Crippen molar-refractivity contribution in [2.24, 2.45) is 0 Å². The number of terminal acetylenes is 1. The van der Waals surface area contributed by atoms with Crippen LogP contribution in [0.2, 0.25) is 0 Å². The third kappa shape index (κ3) is 4.64. The van der Waals surface area contributed by atoms with Crippen molar-refractivity contribution in [2.75, 3.05) is 36.5 Å². The van der Waals surface area contributed by atoms with Crippen molar-refractivity contribution in [2.45, 2.75) is 32.9 Å². The maximum atomic E-state index is 14.9. The first kappa shape index (κ1) is 23.1.